The number of benzene rings is 1. The fourth-order valence-electron chi connectivity index (χ4n) is 5.34. The van der Waals surface area contributed by atoms with Gasteiger partial charge in [0.2, 0.25) is 0 Å². The summed E-state index contributed by atoms with van der Waals surface area (Å²) in [7, 11) is 0. The Hall–Kier alpha value is -3.42. The van der Waals surface area contributed by atoms with Crippen molar-refractivity contribution in [2.45, 2.75) is 33.2 Å². The van der Waals surface area contributed by atoms with Crippen molar-refractivity contribution in [3.05, 3.63) is 87.4 Å². The van der Waals surface area contributed by atoms with Crippen LogP contribution in [0.15, 0.2) is 59.3 Å². The van der Waals surface area contributed by atoms with Crippen molar-refractivity contribution in [1.29, 1.82) is 0 Å². The lowest BCUT2D eigenvalue weighted by atomic mass is 9.98. The summed E-state index contributed by atoms with van der Waals surface area (Å²) in [5.74, 6) is -0.155. The first-order chi connectivity index (χ1) is 17.5. The molecule has 3 N–H and O–H groups in total. The number of hydrogen-bond acceptors (Lipinski definition) is 4. The van der Waals surface area contributed by atoms with Crippen LogP contribution in [0.2, 0.25) is 0 Å². The van der Waals surface area contributed by atoms with Gasteiger partial charge in [0.15, 0.2) is 0 Å². The van der Waals surface area contributed by atoms with E-state index in [4.69, 9.17) is 0 Å². The van der Waals surface area contributed by atoms with E-state index >= 15 is 0 Å². The highest BCUT2D eigenvalue weighted by molar-refractivity contribution is 6.09. The van der Waals surface area contributed by atoms with Crippen LogP contribution in [0.3, 0.4) is 0 Å². The minimum Gasteiger partial charge on any atom is -0.358 e. The SMILES string of the molecule is Cc1[nH]c(C=C2C(=O)NC3=CCCC=C32)c(C)c1C(=O)NCCN1CCN(Cc2ccccc2)CC1. The minimum atomic E-state index is -0.0871. The Bertz CT molecular complexity index is 1230. The van der Waals surface area contributed by atoms with Gasteiger partial charge in [-0.2, -0.15) is 0 Å². The summed E-state index contributed by atoms with van der Waals surface area (Å²) in [6.07, 6.45) is 7.94. The number of aromatic nitrogens is 1. The van der Waals surface area contributed by atoms with Gasteiger partial charge in [-0.25, -0.2) is 0 Å². The molecule has 1 aromatic carbocycles. The Morgan fingerprint density at radius 3 is 2.53 bits per heavy atom. The molecule has 2 amide bonds. The zero-order valence-electron chi connectivity index (χ0n) is 21.2. The first kappa shape index (κ1) is 24.3. The van der Waals surface area contributed by atoms with Gasteiger partial charge in [-0.05, 0) is 43.9 Å². The van der Waals surface area contributed by atoms with Crippen LogP contribution >= 0.6 is 0 Å². The van der Waals surface area contributed by atoms with Gasteiger partial charge >= 0.3 is 0 Å². The molecule has 7 heteroatoms. The summed E-state index contributed by atoms with van der Waals surface area (Å²) in [5.41, 5.74) is 7.04. The van der Waals surface area contributed by atoms with E-state index in [2.05, 4.69) is 67.9 Å². The summed E-state index contributed by atoms with van der Waals surface area (Å²) in [4.78, 5) is 33.8. The molecule has 1 aromatic heterocycles. The number of fused-ring (bicyclic) bond motifs is 1. The lowest BCUT2D eigenvalue weighted by Crippen LogP contribution is -2.48. The summed E-state index contributed by atoms with van der Waals surface area (Å²) in [5, 5.41) is 6.05. The summed E-state index contributed by atoms with van der Waals surface area (Å²) < 4.78 is 0. The van der Waals surface area contributed by atoms with E-state index in [0.29, 0.717) is 17.7 Å². The number of allylic oxidation sites excluding steroid dienone is 3. The van der Waals surface area contributed by atoms with Gasteiger partial charge in [-0.15, -0.1) is 0 Å². The van der Waals surface area contributed by atoms with E-state index in [0.717, 1.165) is 80.3 Å². The number of nitrogens with one attached hydrogen (secondary N) is 3. The van der Waals surface area contributed by atoms with Crippen molar-refractivity contribution in [2.24, 2.45) is 0 Å². The molecule has 1 aliphatic carbocycles. The number of amides is 2. The third kappa shape index (κ3) is 5.22. The standard InChI is InChI=1S/C29H35N5O2/c1-20-26(18-24-23-10-6-7-11-25(23)32-28(24)35)31-21(2)27(20)29(36)30-12-13-33-14-16-34(17-15-33)19-22-8-4-3-5-9-22/h3-5,8-11,18,31H,6-7,12-17,19H2,1-2H3,(H,30,36)(H,32,35). The highest BCUT2D eigenvalue weighted by Crippen LogP contribution is 2.32. The Kier molecular flexibility index (Phi) is 7.20. The molecule has 7 nitrogen and oxygen atoms in total. The predicted molar refractivity (Wildman–Crippen MR) is 142 cm³/mol. The zero-order valence-corrected chi connectivity index (χ0v) is 21.2. The molecular weight excluding hydrogens is 450 g/mol. The van der Waals surface area contributed by atoms with E-state index in [1.54, 1.807) is 0 Å². The quantitative estimate of drug-likeness (QED) is 0.526. The third-order valence-electron chi connectivity index (χ3n) is 7.36. The lowest BCUT2D eigenvalue weighted by molar-refractivity contribution is -0.115. The number of nitrogens with zero attached hydrogens (tertiary/aromatic N) is 2. The number of carbonyl (C=O) groups is 2. The highest BCUT2D eigenvalue weighted by atomic mass is 16.2. The molecule has 3 heterocycles. The minimum absolute atomic E-state index is 0.0676. The first-order valence-electron chi connectivity index (χ1n) is 12.9. The van der Waals surface area contributed by atoms with Crippen LogP contribution in [0.1, 0.15) is 45.7 Å². The van der Waals surface area contributed by atoms with Gasteiger partial charge in [0.05, 0.1) is 11.1 Å². The number of piperazine rings is 1. The predicted octanol–water partition coefficient (Wildman–Crippen LogP) is 3.30. The molecule has 0 bridgehead atoms. The molecule has 3 aliphatic rings. The molecule has 0 radical (unpaired) electrons. The average molecular weight is 486 g/mol. The number of carbonyl (C=O) groups excluding carboxylic acids is 2. The van der Waals surface area contributed by atoms with Crippen molar-refractivity contribution in [3.63, 3.8) is 0 Å². The molecule has 2 aromatic rings. The second-order valence-electron chi connectivity index (χ2n) is 9.85. The smallest absolute Gasteiger partial charge is 0.256 e. The second-order valence-corrected chi connectivity index (χ2v) is 9.85. The molecule has 5 rings (SSSR count). The number of aryl methyl sites for hydroxylation is 1. The maximum atomic E-state index is 13.0. The Morgan fingerprint density at radius 2 is 1.75 bits per heavy atom. The fourth-order valence-corrected chi connectivity index (χ4v) is 5.34. The van der Waals surface area contributed by atoms with Crippen molar-refractivity contribution < 1.29 is 9.59 Å². The Balaban J connectivity index is 1.14. The van der Waals surface area contributed by atoms with Crippen LogP contribution in [0.4, 0.5) is 0 Å². The van der Waals surface area contributed by atoms with E-state index in [1.165, 1.54) is 5.56 Å². The van der Waals surface area contributed by atoms with Gasteiger partial charge in [0, 0.05) is 68.5 Å². The van der Waals surface area contributed by atoms with Crippen molar-refractivity contribution in [1.82, 2.24) is 25.4 Å². The molecule has 0 unspecified atom stereocenters. The van der Waals surface area contributed by atoms with E-state index in [-0.39, 0.29) is 11.8 Å². The fraction of sp³-hybridized carbons (Fsp3) is 0.379. The van der Waals surface area contributed by atoms with Crippen molar-refractivity contribution in [3.8, 4) is 0 Å². The summed E-state index contributed by atoms with van der Waals surface area (Å²) in [6, 6.07) is 10.6. The summed E-state index contributed by atoms with van der Waals surface area (Å²) >= 11 is 0. The van der Waals surface area contributed by atoms with Crippen LogP contribution < -0.4 is 10.6 Å². The van der Waals surface area contributed by atoms with Gasteiger partial charge in [-0.1, -0.05) is 42.5 Å². The molecular formula is C29H35N5O2. The maximum Gasteiger partial charge on any atom is 0.256 e. The van der Waals surface area contributed by atoms with Gasteiger partial charge in [-0.3, -0.25) is 19.4 Å². The van der Waals surface area contributed by atoms with Crippen LogP contribution in [-0.4, -0.2) is 65.9 Å². The average Bonchev–Trinajstić information content (AvgIpc) is 3.35. The van der Waals surface area contributed by atoms with Crippen LogP contribution in [0, 0.1) is 13.8 Å². The molecule has 188 valence electrons. The molecule has 0 saturated carbocycles. The molecule has 2 aliphatic heterocycles. The topological polar surface area (TPSA) is 80.5 Å². The lowest BCUT2D eigenvalue weighted by Gasteiger charge is -2.34. The normalized spacial score (nSPS) is 19.6. The van der Waals surface area contributed by atoms with Crippen LogP contribution in [0.5, 0.6) is 0 Å². The van der Waals surface area contributed by atoms with Gasteiger partial charge < -0.3 is 15.6 Å². The van der Waals surface area contributed by atoms with Gasteiger partial charge in [0.1, 0.15) is 0 Å². The Labute approximate surface area is 212 Å². The monoisotopic (exact) mass is 485 g/mol. The van der Waals surface area contributed by atoms with Crippen LogP contribution in [0.25, 0.3) is 6.08 Å². The zero-order chi connectivity index (χ0) is 25.1. The highest BCUT2D eigenvalue weighted by Gasteiger charge is 2.29. The number of H-pyrrole nitrogens is 1. The Morgan fingerprint density at radius 1 is 1.03 bits per heavy atom. The number of aromatic amines is 1. The number of rotatable bonds is 7. The largest absolute Gasteiger partial charge is 0.358 e. The van der Waals surface area contributed by atoms with Gasteiger partial charge in [0.25, 0.3) is 11.8 Å². The summed E-state index contributed by atoms with van der Waals surface area (Å²) in [6.45, 7) is 10.4. The molecule has 2 fully saturated rings. The van der Waals surface area contributed by atoms with E-state index in [9.17, 15) is 9.59 Å². The third-order valence-corrected chi connectivity index (χ3v) is 7.36. The van der Waals surface area contributed by atoms with Crippen molar-refractivity contribution in [2.75, 3.05) is 39.3 Å². The van der Waals surface area contributed by atoms with E-state index < -0.39 is 0 Å². The van der Waals surface area contributed by atoms with E-state index in [1.807, 2.05) is 19.9 Å². The van der Waals surface area contributed by atoms with Crippen LogP contribution in [-0.2, 0) is 11.3 Å². The van der Waals surface area contributed by atoms with Crippen molar-refractivity contribution >= 4 is 17.9 Å². The maximum absolute atomic E-state index is 13.0. The molecule has 2 saturated heterocycles. The second kappa shape index (κ2) is 10.7. The first-order valence-corrected chi connectivity index (χ1v) is 12.9. The molecule has 36 heavy (non-hydrogen) atoms. The number of hydrogen-bond donors (Lipinski definition) is 3. The molecule has 0 spiro atoms. The molecule has 0 atom stereocenters.